The van der Waals surface area contributed by atoms with Crippen molar-refractivity contribution in [3.8, 4) is 11.9 Å². The fraction of sp³-hybridized carbons (Fsp3) is 0.600. The highest BCUT2D eigenvalue weighted by Crippen LogP contribution is 2.22. The molecule has 1 atom stereocenters. The minimum atomic E-state index is 0.159. The molecule has 0 bridgehead atoms. The third-order valence-corrected chi connectivity index (χ3v) is 2.57. The molecule has 15 heavy (non-hydrogen) atoms. The summed E-state index contributed by atoms with van der Waals surface area (Å²) in [6, 6.07) is 2.13. The fourth-order valence-electron chi connectivity index (χ4n) is 1.79. The molecule has 1 fully saturated rings. The van der Waals surface area contributed by atoms with Crippen LogP contribution in [0.2, 0.25) is 0 Å². The van der Waals surface area contributed by atoms with Crippen LogP contribution in [0.5, 0.6) is 5.88 Å². The van der Waals surface area contributed by atoms with Crippen LogP contribution in [-0.2, 0) is 7.05 Å². The number of aromatic nitrogens is 2. The Hall–Kier alpha value is -1.54. The Bertz CT molecular complexity index is 398. The molecule has 0 spiro atoms. The first-order valence-electron chi connectivity index (χ1n) is 5.03. The molecule has 5 heteroatoms. The predicted molar refractivity (Wildman–Crippen MR) is 54.6 cm³/mol. The monoisotopic (exact) mass is 206 g/mol. The molecule has 0 radical (unpaired) electrons. The normalized spacial score (nSPS) is 20.2. The van der Waals surface area contributed by atoms with E-state index in [9.17, 15) is 0 Å². The zero-order valence-corrected chi connectivity index (χ0v) is 8.95. The molecule has 1 unspecified atom stereocenters. The number of aryl methyl sites for hydroxylation is 2. The van der Waals surface area contributed by atoms with E-state index in [0.717, 1.165) is 25.2 Å². The van der Waals surface area contributed by atoms with E-state index in [1.165, 1.54) is 0 Å². The first kappa shape index (κ1) is 9.99. The summed E-state index contributed by atoms with van der Waals surface area (Å²) >= 11 is 0. The average molecular weight is 206 g/mol. The van der Waals surface area contributed by atoms with Crippen molar-refractivity contribution in [2.75, 3.05) is 13.1 Å². The molecule has 5 nitrogen and oxygen atoms in total. The molecular formula is C10H14N4O. The van der Waals surface area contributed by atoms with Crippen LogP contribution in [0, 0.1) is 18.3 Å². The van der Waals surface area contributed by atoms with E-state index in [1.54, 1.807) is 11.7 Å². The Morgan fingerprint density at radius 2 is 2.47 bits per heavy atom. The minimum absolute atomic E-state index is 0.159. The molecule has 2 heterocycles. The molecule has 80 valence electrons. The predicted octanol–water partition coefficient (Wildman–Crippen LogP) is 0.341. The molecule has 1 saturated heterocycles. The lowest BCUT2D eigenvalue weighted by molar-refractivity contribution is 0.203. The van der Waals surface area contributed by atoms with Crippen LogP contribution < -0.4 is 10.1 Å². The van der Waals surface area contributed by atoms with Gasteiger partial charge in [0.2, 0.25) is 5.88 Å². The minimum Gasteiger partial charge on any atom is -0.472 e. The highest BCUT2D eigenvalue weighted by Gasteiger charge is 2.21. The van der Waals surface area contributed by atoms with Gasteiger partial charge >= 0.3 is 0 Å². The number of hydrogen-bond acceptors (Lipinski definition) is 4. The lowest BCUT2D eigenvalue weighted by Gasteiger charge is -2.12. The largest absolute Gasteiger partial charge is 0.472 e. The van der Waals surface area contributed by atoms with Gasteiger partial charge in [-0.05, 0) is 19.9 Å². The molecule has 0 amide bonds. The topological polar surface area (TPSA) is 62.9 Å². The third-order valence-electron chi connectivity index (χ3n) is 2.57. The SMILES string of the molecule is Cc1nn(C)c(OC2CCNC2)c1C#N. The van der Waals surface area contributed by atoms with Crippen molar-refractivity contribution >= 4 is 0 Å². The second-order valence-electron chi connectivity index (χ2n) is 3.73. The molecule has 0 aliphatic carbocycles. The Morgan fingerprint density at radius 3 is 3.07 bits per heavy atom. The molecule has 1 aromatic rings. The van der Waals surface area contributed by atoms with Gasteiger partial charge in [0, 0.05) is 13.6 Å². The van der Waals surface area contributed by atoms with Crippen LogP contribution >= 0.6 is 0 Å². The summed E-state index contributed by atoms with van der Waals surface area (Å²) in [6.07, 6.45) is 1.14. The van der Waals surface area contributed by atoms with Gasteiger partial charge in [-0.25, -0.2) is 4.68 Å². The van der Waals surface area contributed by atoms with E-state index < -0.39 is 0 Å². The van der Waals surface area contributed by atoms with Crippen LogP contribution in [-0.4, -0.2) is 29.0 Å². The fourth-order valence-corrected chi connectivity index (χ4v) is 1.79. The summed E-state index contributed by atoms with van der Waals surface area (Å²) in [7, 11) is 1.80. The van der Waals surface area contributed by atoms with Gasteiger partial charge in [0.05, 0.1) is 5.69 Å². The molecule has 2 rings (SSSR count). The van der Waals surface area contributed by atoms with Crippen LogP contribution in [0.4, 0.5) is 0 Å². The summed E-state index contributed by atoms with van der Waals surface area (Å²) in [5.74, 6) is 0.587. The number of rotatable bonds is 2. The Labute approximate surface area is 88.6 Å². The van der Waals surface area contributed by atoms with E-state index in [-0.39, 0.29) is 6.10 Å². The van der Waals surface area contributed by atoms with Crippen LogP contribution in [0.1, 0.15) is 17.7 Å². The average Bonchev–Trinajstić information content (AvgIpc) is 2.77. The first-order chi connectivity index (χ1) is 7.22. The van der Waals surface area contributed by atoms with Gasteiger partial charge in [0.15, 0.2) is 0 Å². The summed E-state index contributed by atoms with van der Waals surface area (Å²) in [4.78, 5) is 0. The molecule has 0 aromatic carbocycles. The summed E-state index contributed by atoms with van der Waals surface area (Å²) in [6.45, 7) is 3.64. The maximum Gasteiger partial charge on any atom is 0.230 e. The van der Waals surface area contributed by atoms with Gasteiger partial charge in [0.25, 0.3) is 0 Å². The summed E-state index contributed by atoms with van der Waals surface area (Å²) in [5, 5.41) is 16.4. The second-order valence-corrected chi connectivity index (χ2v) is 3.73. The Kier molecular flexibility index (Phi) is 2.60. The molecule has 0 saturated carbocycles. The lowest BCUT2D eigenvalue weighted by Crippen LogP contribution is -2.21. The number of ether oxygens (including phenoxy) is 1. The second kappa shape index (κ2) is 3.91. The number of nitrogens with zero attached hydrogens (tertiary/aromatic N) is 3. The van der Waals surface area contributed by atoms with E-state index >= 15 is 0 Å². The maximum atomic E-state index is 8.99. The number of hydrogen-bond donors (Lipinski definition) is 1. The van der Waals surface area contributed by atoms with Crippen molar-refractivity contribution in [3.63, 3.8) is 0 Å². The van der Waals surface area contributed by atoms with Crippen LogP contribution in [0.25, 0.3) is 0 Å². The van der Waals surface area contributed by atoms with Crippen LogP contribution in [0.15, 0.2) is 0 Å². The standard InChI is InChI=1S/C10H14N4O/c1-7-9(5-11)10(14(2)13-7)15-8-3-4-12-6-8/h8,12H,3-4,6H2,1-2H3. The third kappa shape index (κ3) is 1.81. The Balaban J connectivity index is 2.23. The quantitative estimate of drug-likeness (QED) is 0.758. The van der Waals surface area contributed by atoms with E-state index in [2.05, 4.69) is 16.5 Å². The first-order valence-corrected chi connectivity index (χ1v) is 5.03. The van der Waals surface area contributed by atoms with Gasteiger partial charge in [0.1, 0.15) is 17.7 Å². The molecule has 1 N–H and O–H groups in total. The molecular weight excluding hydrogens is 192 g/mol. The van der Waals surface area contributed by atoms with Crippen molar-refractivity contribution in [2.45, 2.75) is 19.4 Å². The zero-order chi connectivity index (χ0) is 10.8. The van der Waals surface area contributed by atoms with E-state index in [4.69, 9.17) is 10.00 Å². The van der Waals surface area contributed by atoms with Crippen molar-refractivity contribution in [2.24, 2.45) is 7.05 Å². The van der Waals surface area contributed by atoms with Crippen molar-refractivity contribution in [3.05, 3.63) is 11.3 Å². The van der Waals surface area contributed by atoms with Gasteiger partial charge in [-0.15, -0.1) is 0 Å². The smallest absolute Gasteiger partial charge is 0.230 e. The zero-order valence-electron chi connectivity index (χ0n) is 8.95. The highest BCUT2D eigenvalue weighted by atomic mass is 16.5. The summed E-state index contributed by atoms with van der Waals surface area (Å²) in [5.41, 5.74) is 1.27. The maximum absolute atomic E-state index is 8.99. The van der Waals surface area contributed by atoms with Crippen molar-refractivity contribution in [1.82, 2.24) is 15.1 Å². The Morgan fingerprint density at radius 1 is 1.67 bits per heavy atom. The number of nitrogens with one attached hydrogen (secondary N) is 1. The van der Waals surface area contributed by atoms with Crippen molar-refractivity contribution in [1.29, 1.82) is 5.26 Å². The number of nitriles is 1. The molecule has 1 aromatic heterocycles. The van der Waals surface area contributed by atoms with Crippen LogP contribution in [0.3, 0.4) is 0 Å². The molecule has 1 aliphatic heterocycles. The van der Waals surface area contributed by atoms with Gasteiger partial charge in [-0.1, -0.05) is 0 Å². The van der Waals surface area contributed by atoms with Gasteiger partial charge in [-0.3, -0.25) is 0 Å². The van der Waals surface area contributed by atoms with Gasteiger partial charge < -0.3 is 10.1 Å². The summed E-state index contributed by atoms with van der Waals surface area (Å²) < 4.78 is 7.40. The van der Waals surface area contributed by atoms with E-state index in [0.29, 0.717) is 11.4 Å². The van der Waals surface area contributed by atoms with E-state index in [1.807, 2.05) is 6.92 Å². The molecule has 1 aliphatic rings. The lowest BCUT2D eigenvalue weighted by atomic mass is 10.2. The van der Waals surface area contributed by atoms with Crippen molar-refractivity contribution < 1.29 is 4.74 Å². The highest BCUT2D eigenvalue weighted by molar-refractivity contribution is 5.42. The van der Waals surface area contributed by atoms with Gasteiger partial charge in [-0.2, -0.15) is 10.4 Å².